The average molecular weight is 348 g/mol. The maximum Gasteiger partial charge on any atom is 0.214 e. The van der Waals surface area contributed by atoms with Gasteiger partial charge in [0, 0.05) is 17.5 Å². The maximum absolute atomic E-state index is 6.55. The zero-order valence-corrected chi connectivity index (χ0v) is 14.3. The maximum atomic E-state index is 6.55. The Bertz CT molecular complexity index is 655. The molecule has 2 atom stereocenters. The van der Waals surface area contributed by atoms with E-state index in [1.165, 1.54) is 25.7 Å². The Labute approximate surface area is 146 Å². The molecule has 1 aliphatic carbocycles. The van der Waals surface area contributed by atoms with Gasteiger partial charge >= 0.3 is 0 Å². The van der Waals surface area contributed by atoms with Crippen molar-refractivity contribution in [2.45, 2.75) is 31.1 Å². The van der Waals surface area contributed by atoms with Gasteiger partial charge in [-0.05, 0) is 67.8 Å². The lowest BCUT2D eigenvalue weighted by molar-refractivity contribution is 0.188. The molecule has 2 fully saturated rings. The second-order valence-corrected chi connectivity index (χ2v) is 7.42. The van der Waals surface area contributed by atoms with E-state index < -0.39 is 0 Å². The van der Waals surface area contributed by atoms with Crippen LogP contribution in [0.5, 0.6) is 5.75 Å². The van der Waals surface area contributed by atoms with Crippen LogP contribution in [0, 0.1) is 11.3 Å². The lowest BCUT2D eigenvalue weighted by Gasteiger charge is -2.34. The molecule has 1 saturated heterocycles. The first-order valence-corrected chi connectivity index (χ1v) is 9.05. The Morgan fingerprint density at radius 3 is 2.79 bits per heavy atom. The second-order valence-electron chi connectivity index (χ2n) is 6.86. The van der Waals surface area contributed by atoms with Crippen LogP contribution >= 0.6 is 11.6 Å². The van der Waals surface area contributed by atoms with E-state index >= 15 is 0 Å². The van der Waals surface area contributed by atoms with Crippen LogP contribution in [0.2, 0.25) is 0 Å². The Morgan fingerprint density at radius 2 is 2.12 bits per heavy atom. The highest BCUT2D eigenvalue weighted by Gasteiger charge is 2.51. The van der Waals surface area contributed by atoms with Crippen LogP contribution in [0.1, 0.15) is 25.7 Å². The van der Waals surface area contributed by atoms with Crippen LogP contribution in [-0.2, 0) is 0 Å². The topological polar surface area (TPSA) is 60.2 Å². The minimum Gasteiger partial charge on any atom is -0.494 e. The van der Waals surface area contributed by atoms with E-state index in [0.717, 1.165) is 37.4 Å². The standard InChI is InChI=1S/C18H22ClN3O2/c19-16-11-20-9-5-15(16)18(6-7-18)8-10-23-14-3-1-13(2-4-14)17-21-12-24-22-17/h1-4,12,15-16,20H,5-11H2. The van der Waals surface area contributed by atoms with E-state index in [4.69, 9.17) is 20.9 Å². The highest BCUT2D eigenvalue weighted by molar-refractivity contribution is 6.21. The van der Waals surface area contributed by atoms with Crippen molar-refractivity contribution in [3.63, 3.8) is 0 Å². The van der Waals surface area contributed by atoms with Crippen LogP contribution in [0.3, 0.4) is 0 Å². The van der Waals surface area contributed by atoms with Crippen LogP contribution in [0.4, 0.5) is 0 Å². The molecule has 0 radical (unpaired) electrons. The predicted molar refractivity (Wildman–Crippen MR) is 92.1 cm³/mol. The zero-order chi connectivity index (χ0) is 16.4. The minimum atomic E-state index is 0.260. The Balaban J connectivity index is 1.31. The fraction of sp³-hybridized carbons (Fsp3) is 0.556. The minimum absolute atomic E-state index is 0.260. The molecular formula is C18H22ClN3O2. The molecule has 4 rings (SSSR count). The van der Waals surface area contributed by atoms with E-state index in [-0.39, 0.29) is 5.38 Å². The number of alkyl halides is 1. The summed E-state index contributed by atoms with van der Waals surface area (Å²) in [5.41, 5.74) is 1.34. The molecule has 5 nitrogen and oxygen atoms in total. The van der Waals surface area contributed by atoms with Gasteiger partial charge in [-0.15, -0.1) is 11.6 Å². The summed E-state index contributed by atoms with van der Waals surface area (Å²) in [6, 6.07) is 7.82. The van der Waals surface area contributed by atoms with Crippen LogP contribution in [0.25, 0.3) is 11.4 Å². The third-order valence-electron chi connectivity index (χ3n) is 5.43. The molecule has 2 aromatic rings. The number of nitrogens with one attached hydrogen (secondary N) is 1. The quantitative estimate of drug-likeness (QED) is 0.810. The molecule has 0 spiro atoms. The molecule has 1 aliphatic heterocycles. The molecule has 128 valence electrons. The predicted octanol–water partition coefficient (Wildman–Crippen LogP) is 3.50. The van der Waals surface area contributed by atoms with Crippen molar-refractivity contribution in [3.8, 4) is 17.1 Å². The Hall–Kier alpha value is -1.59. The summed E-state index contributed by atoms with van der Waals surface area (Å²) in [7, 11) is 0. The summed E-state index contributed by atoms with van der Waals surface area (Å²) in [6.45, 7) is 2.77. The second kappa shape index (κ2) is 6.73. The molecule has 2 heterocycles. The molecule has 2 aliphatic rings. The lowest BCUT2D eigenvalue weighted by Crippen LogP contribution is -2.41. The summed E-state index contributed by atoms with van der Waals surface area (Å²) < 4.78 is 10.7. The molecule has 0 amide bonds. The van der Waals surface area contributed by atoms with E-state index in [0.29, 0.717) is 17.2 Å². The number of hydrogen-bond donors (Lipinski definition) is 1. The van der Waals surface area contributed by atoms with Crippen molar-refractivity contribution in [2.24, 2.45) is 11.3 Å². The van der Waals surface area contributed by atoms with Crippen molar-refractivity contribution in [3.05, 3.63) is 30.7 Å². The number of rotatable bonds is 6. The fourth-order valence-corrected chi connectivity index (χ4v) is 4.35. The monoisotopic (exact) mass is 347 g/mol. The van der Waals surface area contributed by atoms with Gasteiger partial charge in [0.05, 0.1) is 6.61 Å². The number of piperidine rings is 1. The third-order valence-corrected chi connectivity index (χ3v) is 5.89. The highest BCUT2D eigenvalue weighted by Crippen LogP contribution is 2.58. The van der Waals surface area contributed by atoms with E-state index in [1.807, 2.05) is 24.3 Å². The number of aromatic nitrogens is 2. The van der Waals surface area contributed by atoms with Gasteiger partial charge in [-0.1, -0.05) is 5.16 Å². The lowest BCUT2D eigenvalue weighted by atomic mass is 9.80. The average Bonchev–Trinajstić information content (AvgIpc) is 3.18. The van der Waals surface area contributed by atoms with Gasteiger partial charge in [-0.2, -0.15) is 4.98 Å². The number of hydrogen-bond acceptors (Lipinski definition) is 5. The van der Waals surface area contributed by atoms with Gasteiger partial charge in [0.15, 0.2) is 0 Å². The van der Waals surface area contributed by atoms with Crippen molar-refractivity contribution in [1.29, 1.82) is 0 Å². The molecule has 24 heavy (non-hydrogen) atoms. The molecular weight excluding hydrogens is 326 g/mol. The van der Waals surface area contributed by atoms with Crippen molar-refractivity contribution >= 4 is 11.6 Å². The summed E-state index contributed by atoms with van der Waals surface area (Å²) in [6.07, 6.45) is 6.20. The molecule has 6 heteroatoms. The normalized spacial score (nSPS) is 25.4. The van der Waals surface area contributed by atoms with E-state index in [9.17, 15) is 0 Å². The van der Waals surface area contributed by atoms with E-state index in [2.05, 4.69) is 15.5 Å². The van der Waals surface area contributed by atoms with Crippen molar-refractivity contribution in [1.82, 2.24) is 15.5 Å². The molecule has 2 unspecified atom stereocenters. The van der Waals surface area contributed by atoms with Crippen LogP contribution in [0.15, 0.2) is 35.2 Å². The Morgan fingerprint density at radius 1 is 1.29 bits per heavy atom. The summed E-state index contributed by atoms with van der Waals surface area (Å²) in [5, 5.41) is 7.48. The molecule has 1 N–H and O–H groups in total. The van der Waals surface area contributed by atoms with Crippen molar-refractivity contribution < 1.29 is 9.26 Å². The third kappa shape index (κ3) is 3.28. The van der Waals surface area contributed by atoms with Gasteiger partial charge in [0.25, 0.3) is 0 Å². The van der Waals surface area contributed by atoms with Gasteiger partial charge in [-0.3, -0.25) is 0 Å². The molecule has 0 bridgehead atoms. The summed E-state index contributed by atoms with van der Waals surface area (Å²) in [5.74, 6) is 2.10. The number of ether oxygens (including phenoxy) is 1. The summed E-state index contributed by atoms with van der Waals surface area (Å²) in [4.78, 5) is 4.04. The molecule has 1 aromatic heterocycles. The first kappa shape index (κ1) is 15.9. The van der Waals surface area contributed by atoms with Crippen molar-refractivity contribution in [2.75, 3.05) is 19.7 Å². The number of nitrogens with zero attached hydrogens (tertiary/aromatic N) is 2. The zero-order valence-electron chi connectivity index (χ0n) is 13.6. The largest absolute Gasteiger partial charge is 0.494 e. The van der Waals surface area contributed by atoms with Crippen LogP contribution < -0.4 is 10.1 Å². The number of halogens is 1. The smallest absolute Gasteiger partial charge is 0.214 e. The molecule has 1 aromatic carbocycles. The fourth-order valence-electron chi connectivity index (χ4n) is 3.85. The number of benzene rings is 1. The first-order valence-electron chi connectivity index (χ1n) is 8.61. The van der Waals surface area contributed by atoms with Crippen LogP contribution in [-0.4, -0.2) is 35.2 Å². The summed E-state index contributed by atoms with van der Waals surface area (Å²) >= 11 is 6.55. The van der Waals surface area contributed by atoms with Gasteiger partial charge in [0.2, 0.25) is 12.2 Å². The van der Waals surface area contributed by atoms with E-state index in [1.54, 1.807) is 0 Å². The SMILES string of the molecule is ClC1CNCCC1C1(CCOc2ccc(-c3ncon3)cc2)CC1. The Kier molecular flexibility index (Phi) is 4.46. The van der Waals surface area contributed by atoms with Gasteiger partial charge in [0.1, 0.15) is 5.75 Å². The van der Waals surface area contributed by atoms with Gasteiger partial charge in [-0.25, -0.2) is 0 Å². The molecule has 1 saturated carbocycles. The first-order chi connectivity index (χ1) is 11.8. The highest BCUT2D eigenvalue weighted by atomic mass is 35.5. The van der Waals surface area contributed by atoms with Gasteiger partial charge < -0.3 is 14.6 Å².